The predicted octanol–water partition coefficient (Wildman–Crippen LogP) is 5.36. The van der Waals surface area contributed by atoms with Gasteiger partial charge in [-0.3, -0.25) is 9.59 Å². The van der Waals surface area contributed by atoms with Gasteiger partial charge in [0, 0.05) is 25.7 Å². The van der Waals surface area contributed by atoms with Crippen molar-refractivity contribution < 1.29 is 19.1 Å². The Kier molecular flexibility index (Phi) is 7.82. The Hall–Kier alpha value is -5.16. The first-order valence-electron chi connectivity index (χ1n) is 14.1. The molecule has 9 rings (SSSR count). The summed E-state index contributed by atoms with van der Waals surface area (Å²) in [6.45, 7) is 1.48. The molecule has 0 saturated heterocycles. The zero-order valence-electron chi connectivity index (χ0n) is 23.1. The molecule has 0 radical (unpaired) electrons. The number of rotatable bonds is 1. The summed E-state index contributed by atoms with van der Waals surface area (Å²) >= 11 is 0. The lowest BCUT2D eigenvalue weighted by molar-refractivity contribution is -0.121. The molecule has 8 bridgehead atoms. The molecule has 1 unspecified atom stereocenters. The quantitative estimate of drug-likeness (QED) is 0.337. The van der Waals surface area contributed by atoms with Crippen molar-refractivity contribution in [3.8, 4) is 23.3 Å². The number of nitriles is 1. The van der Waals surface area contributed by atoms with Crippen molar-refractivity contribution in [1.82, 2.24) is 15.2 Å². The number of ether oxygens (including phenoxy) is 2. The summed E-state index contributed by atoms with van der Waals surface area (Å²) in [4.78, 5) is 32.1. The van der Waals surface area contributed by atoms with Crippen LogP contribution in [0.4, 0.5) is 0 Å². The molecule has 1 N–H and O–H groups in total. The molecule has 0 spiro atoms. The van der Waals surface area contributed by atoms with Gasteiger partial charge >= 0.3 is 0 Å². The third-order valence-corrected chi connectivity index (χ3v) is 7.61. The van der Waals surface area contributed by atoms with Crippen LogP contribution in [-0.2, 0) is 17.6 Å². The van der Waals surface area contributed by atoms with E-state index < -0.39 is 0 Å². The number of carbonyl (C=O) groups is 2. The SMILES string of the molecule is N#Cc1ccc(C(=O)N2CCc3cc4ccc3C2c2cccc(c2)OCCCNC(=O)CCc2ccc(cc2)O4)cn1. The highest BCUT2D eigenvalue weighted by Gasteiger charge is 2.33. The molecule has 4 aromatic rings. The summed E-state index contributed by atoms with van der Waals surface area (Å²) in [5.41, 5.74) is 4.81. The molecule has 2 amide bonds. The molecule has 5 aliphatic rings. The summed E-state index contributed by atoms with van der Waals surface area (Å²) < 4.78 is 12.3. The topological polar surface area (TPSA) is 105 Å². The van der Waals surface area contributed by atoms with Crippen molar-refractivity contribution in [2.24, 2.45) is 0 Å². The van der Waals surface area contributed by atoms with Crippen LogP contribution in [0, 0.1) is 11.3 Å². The fourth-order valence-corrected chi connectivity index (χ4v) is 5.47. The summed E-state index contributed by atoms with van der Waals surface area (Å²) in [6.07, 6.45) is 3.87. The van der Waals surface area contributed by atoms with E-state index in [2.05, 4.69) is 16.4 Å². The molecule has 5 aliphatic heterocycles. The van der Waals surface area contributed by atoms with E-state index in [1.807, 2.05) is 71.6 Å². The Morgan fingerprint density at radius 3 is 2.62 bits per heavy atom. The molecule has 1 aromatic heterocycles. The maximum absolute atomic E-state index is 13.8. The fourth-order valence-electron chi connectivity index (χ4n) is 5.47. The van der Waals surface area contributed by atoms with Crippen molar-refractivity contribution in [2.75, 3.05) is 19.7 Å². The number of amides is 2. The zero-order valence-corrected chi connectivity index (χ0v) is 23.1. The number of aryl methyl sites for hydroxylation is 1. The second-order valence-corrected chi connectivity index (χ2v) is 10.4. The van der Waals surface area contributed by atoms with Gasteiger partial charge in [-0.25, -0.2) is 4.98 Å². The van der Waals surface area contributed by atoms with Crippen molar-refractivity contribution in [1.29, 1.82) is 5.26 Å². The number of pyridine rings is 1. The number of benzene rings is 3. The first-order valence-corrected chi connectivity index (χ1v) is 14.1. The highest BCUT2D eigenvalue weighted by molar-refractivity contribution is 5.94. The first kappa shape index (κ1) is 27.0. The average molecular weight is 559 g/mol. The molecule has 0 saturated carbocycles. The van der Waals surface area contributed by atoms with Crippen LogP contribution in [0.15, 0.2) is 85.1 Å². The number of nitrogens with one attached hydrogen (secondary N) is 1. The number of hydrogen-bond acceptors (Lipinski definition) is 6. The van der Waals surface area contributed by atoms with Crippen LogP contribution in [-0.4, -0.2) is 41.4 Å². The van der Waals surface area contributed by atoms with E-state index in [4.69, 9.17) is 14.7 Å². The Balaban J connectivity index is 1.37. The third kappa shape index (κ3) is 5.96. The van der Waals surface area contributed by atoms with E-state index in [1.165, 1.54) is 6.20 Å². The molecule has 42 heavy (non-hydrogen) atoms. The second kappa shape index (κ2) is 12.1. The van der Waals surface area contributed by atoms with E-state index in [1.54, 1.807) is 12.1 Å². The van der Waals surface area contributed by atoms with Crippen molar-refractivity contribution in [2.45, 2.75) is 31.7 Å². The van der Waals surface area contributed by atoms with Crippen LogP contribution in [0.3, 0.4) is 0 Å². The molecular formula is C34H30N4O4. The van der Waals surface area contributed by atoms with E-state index in [-0.39, 0.29) is 23.6 Å². The highest BCUT2D eigenvalue weighted by Crippen LogP contribution is 2.39. The normalized spacial score (nSPS) is 16.8. The molecule has 210 valence electrons. The van der Waals surface area contributed by atoms with Gasteiger partial charge in [0.15, 0.2) is 0 Å². The Bertz CT molecular complexity index is 1640. The minimum absolute atomic E-state index is 0.0130. The van der Waals surface area contributed by atoms with Gasteiger partial charge in [-0.2, -0.15) is 5.26 Å². The van der Waals surface area contributed by atoms with Crippen LogP contribution in [0.1, 0.15) is 57.2 Å². The van der Waals surface area contributed by atoms with Crippen LogP contribution < -0.4 is 14.8 Å². The van der Waals surface area contributed by atoms with Gasteiger partial charge < -0.3 is 19.7 Å². The largest absolute Gasteiger partial charge is 0.494 e. The van der Waals surface area contributed by atoms with Gasteiger partial charge in [0.05, 0.1) is 18.2 Å². The van der Waals surface area contributed by atoms with Crippen LogP contribution in [0.2, 0.25) is 0 Å². The van der Waals surface area contributed by atoms with E-state index >= 15 is 0 Å². The summed E-state index contributed by atoms with van der Waals surface area (Å²) in [6, 6.07) is 26.5. The lowest BCUT2D eigenvalue weighted by Crippen LogP contribution is -2.40. The maximum atomic E-state index is 13.8. The zero-order chi connectivity index (χ0) is 28.9. The van der Waals surface area contributed by atoms with Crippen LogP contribution in [0.25, 0.3) is 0 Å². The number of carbonyl (C=O) groups excluding carboxylic acids is 2. The van der Waals surface area contributed by atoms with Gasteiger partial charge in [-0.15, -0.1) is 0 Å². The summed E-state index contributed by atoms with van der Waals surface area (Å²) in [5.74, 6) is 2.00. The third-order valence-electron chi connectivity index (χ3n) is 7.61. The number of hydrogen-bond donors (Lipinski definition) is 1. The lowest BCUT2D eigenvalue weighted by Gasteiger charge is -2.38. The van der Waals surface area contributed by atoms with E-state index in [0.717, 1.165) is 33.8 Å². The molecule has 0 aliphatic carbocycles. The van der Waals surface area contributed by atoms with Gasteiger partial charge in [0.2, 0.25) is 5.91 Å². The van der Waals surface area contributed by atoms with Crippen molar-refractivity contribution in [3.63, 3.8) is 0 Å². The molecular weight excluding hydrogens is 528 g/mol. The Labute approximate surface area is 244 Å². The van der Waals surface area contributed by atoms with Crippen LogP contribution >= 0.6 is 0 Å². The molecule has 3 aromatic carbocycles. The Morgan fingerprint density at radius 2 is 1.81 bits per heavy atom. The van der Waals surface area contributed by atoms with Crippen LogP contribution in [0.5, 0.6) is 17.2 Å². The van der Waals surface area contributed by atoms with Crippen molar-refractivity contribution in [3.05, 3.63) is 119 Å². The van der Waals surface area contributed by atoms with Gasteiger partial charge in [-0.1, -0.05) is 30.3 Å². The lowest BCUT2D eigenvalue weighted by atomic mass is 9.87. The standard InChI is InChI=1S/C34H30N4O4/c35-21-27-9-8-26(22-37-27)34(40)38-17-15-24-19-30-12-13-31(24)33(38)25-3-1-4-29(20-25)41-18-2-16-36-32(39)14-7-23-5-10-28(42-30)11-6-23/h1,3-6,8-13,19-20,22,33H,2,7,14-18H2,(H,36,39). The van der Waals surface area contributed by atoms with E-state index in [0.29, 0.717) is 56.7 Å². The Morgan fingerprint density at radius 1 is 0.952 bits per heavy atom. The average Bonchev–Trinajstić information content (AvgIpc) is 3.03. The highest BCUT2D eigenvalue weighted by atomic mass is 16.5. The van der Waals surface area contributed by atoms with Crippen molar-refractivity contribution >= 4 is 11.8 Å². The minimum Gasteiger partial charge on any atom is -0.494 e. The fraction of sp³-hybridized carbons (Fsp3) is 0.235. The molecule has 6 heterocycles. The maximum Gasteiger partial charge on any atom is 0.256 e. The molecule has 8 nitrogen and oxygen atoms in total. The number of nitrogens with zero attached hydrogens (tertiary/aromatic N) is 3. The molecule has 1 atom stereocenters. The summed E-state index contributed by atoms with van der Waals surface area (Å²) in [5, 5.41) is 12.1. The minimum atomic E-state index is -0.359. The second-order valence-electron chi connectivity index (χ2n) is 10.4. The monoisotopic (exact) mass is 558 g/mol. The first-order chi connectivity index (χ1) is 20.6. The summed E-state index contributed by atoms with van der Waals surface area (Å²) in [7, 11) is 0. The molecule has 8 heteroatoms. The van der Waals surface area contributed by atoms with E-state index in [9.17, 15) is 9.59 Å². The van der Waals surface area contributed by atoms with Gasteiger partial charge in [-0.05, 0) is 90.0 Å². The molecule has 0 fully saturated rings. The smallest absolute Gasteiger partial charge is 0.256 e. The predicted molar refractivity (Wildman–Crippen MR) is 156 cm³/mol. The van der Waals surface area contributed by atoms with Gasteiger partial charge in [0.25, 0.3) is 5.91 Å². The van der Waals surface area contributed by atoms with Gasteiger partial charge in [0.1, 0.15) is 29.0 Å². The number of aromatic nitrogens is 1.